The van der Waals surface area contributed by atoms with Crippen molar-refractivity contribution in [3.05, 3.63) is 57.6 Å². The van der Waals surface area contributed by atoms with Crippen molar-refractivity contribution in [2.24, 2.45) is 0 Å². The van der Waals surface area contributed by atoms with Crippen LogP contribution in [-0.4, -0.2) is 37.0 Å². The zero-order chi connectivity index (χ0) is 23.1. The molecule has 8 nitrogen and oxygen atoms in total. The molecule has 9 heteroatoms. The molecule has 0 spiro atoms. The molecule has 0 radical (unpaired) electrons. The smallest absolute Gasteiger partial charge is 0.355 e. The van der Waals surface area contributed by atoms with Crippen LogP contribution in [0.2, 0.25) is 0 Å². The summed E-state index contributed by atoms with van der Waals surface area (Å²) in [6.45, 7) is 2.65. The highest BCUT2D eigenvalue weighted by molar-refractivity contribution is 7.17. The number of carbonyl (C=O) groups is 4. The van der Waals surface area contributed by atoms with Crippen LogP contribution < -0.4 is 10.6 Å². The predicted molar refractivity (Wildman–Crippen MR) is 120 cm³/mol. The number of hydrogen-bond acceptors (Lipinski definition) is 7. The first kappa shape index (κ1) is 23.2. The molecule has 0 fully saturated rings. The van der Waals surface area contributed by atoms with Crippen molar-refractivity contribution in [2.75, 3.05) is 18.5 Å². The molecule has 0 unspecified atom stereocenters. The van der Waals surface area contributed by atoms with Gasteiger partial charge in [-0.05, 0) is 43.4 Å². The molecule has 168 valence electrons. The average molecular weight is 457 g/mol. The zero-order valence-corrected chi connectivity index (χ0v) is 18.7. The monoisotopic (exact) mass is 456 g/mol. The molecule has 3 rings (SSSR count). The molecule has 0 aliphatic heterocycles. The lowest BCUT2D eigenvalue weighted by molar-refractivity contribution is -0.144. The average Bonchev–Trinajstić information content (AvgIpc) is 3.33. The minimum Gasteiger partial charge on any atom is -0.462 e. The first-order valence-electron chi connectivity index (χ1n) is 10.2. The summed E-state index contributed by atoms with van der Waals surface area (Å²) in [5.74, 6) is -2.36. The predicted octanol–water partition coefficient (Wildman–Crippen LogP) is 3.07. The molecule has 0 saturated heterocycles. The minimum absolute atomic E-state index is 0.0844. The molecule has 2 aromatic rings. The summed E-state index contributed by atoms with van der Waals surface area (Å²) in [5, 5.41) is 5.48. The van der Waals surface area contributed by atoms with Gasteiger partial charge in [0.25, 0.3) is 5.91 Å². The number of benzene rings is 1. The fourth-order valence-electron chi connectivity index (χ4n) is 3.33. The number of hydrogen-bond donors (Lipinski definition) is 2. The van der Waals surface area contributed by atoms with Crippen molar-refractivity contribution < 1.29 is 28.7 Å². The quantitative estimate of drug-likeness (QED) is 0.467. The molecule has 1 aliphatic rings. The normalized spacial score (nSPS) is 12.6. The van der Waals surface area contributed by atoms with Crippen LogP contribution in [-0.2, 0) is 36.7 Å². The number of rotatable bonds is 8. The number of anilines is 1. The second kappa shape index (κ2) is 10.7. The summed E-state index contributed by atoms with van der Waals surface area (Å²) in [7, 11) is 0. The Labute approximate surface area is 189 Å². The number of amides is 2. The third kappa shape index (κ3) is 5.82. The summed E-state index contributed by atoms with van der Waals surface area (Å²) in [6, 6.07) is 8.91. The highest BCUT2D eigenvalue weighted by atomic mass is 32.1. The number of ether oxygens (including phenoxy) is 2. The molecule has 2 amide bonds. The van der Waals surface area contributed by atoms with Gasteiger partial charge in [-0.2, -0.15) is 0 Å². The molecule has 0 atom stereocenters. The Balaban J connectivity index is 1.67. The van der Waals surface area contributed by atoms with E-state index in [0.717, 1.165) is 29.7 Å². The maximum Gasteiger partial charge on any atom is 0.355 e. The van der Waals surface area contributed by atoms with E-state index >= 15 is 0 Å². The highest BCUT2D eigenvalue weighted by Gasteiger charge is 2.28. The molecule has 0 saturated carbocycles. The molecule has 1 aliphatic carbocycles. The Bertz CT molecular complexity index is 1060. The summed E-state index contributed by atoms with van der Waals surface area (Å²) in [6.07, 6.45) is 4.03. The van der Waals surface area contributed by atoms with Gasteiger partial charge in [0.2, 0.25) is 5.91 Å². The number of aryl methyl sites for hydroxylation is 1. The molecule has 1 aromatic heterocycles. The number of nitrogens with one attached hydrogen (secondary N) is 2. The summed E-state index contributed by atoms with van der Waals surface area (Å²) in [5.41, 5.74) is 1.90. The molecular formula is C23H24N2O6S. The lowest BCUT2D eigenvalue weighted by Crippen LogP contribution is -2.29. The van der Waals surface area contributed by atoms with Gasteiger partial charge in [-0.15, -0.1) is 11.3 Å². The van der Waals surface area contributed by atoms with Gasteiger partial charge < -0.3 is 20.1 Å². The van der Waals surface area contributed by atoms with Crippen LogP contribution in [0.25, 0.3) is 6.08 Å². The van der Waals surface area contributed by atoms with E-state index in [2.05, 4.69) is 10.6 Å². The van der Waals surface area contributed by atoms with Crippen molar-refractivity contribution in [3.63, 3.8) is 0 Å². The van der Waals surface area contributed by atoms with E-state index in [0.29, 0.717) is 16.1 Å². The van der Waals surface area contributed by atoms with Gasteiger partial charge >= 0.3 is 11.9 Å². The molecular weight excluding hydrogens is 432 g/mol. The van der Waals surface area contributed by atoms with E-state index < -0.39 is 30.4 Å². The minimum atomic E-state index is -0.849. The molecule has 0 bridgehead atoms. The summed E-state index contributed by atoms with van der Waals surface area (Å²) < 4.78 is 10.2. The van der Waals surface area contributed by atoms with Crippen LogP contribution in [0.1, 0.15) is 46.6 Å². The van der Waals surface area contributed by atoms with Gasteiger partial charge in [-0.3, -0.25) is 9.59 Å². The Morgan fingerprint density at radius 1 is 1.09 bits per heavy atom. The van der Waals surface area contributed by atoms with E-state index in [1.54, 1.807) is 31.2 Å². The SMILES string of the molecule is CCOC(=O)c1c(NC(=O)COC(=O)C(=Cc2ccccc2)NC(C)=O)sc2c1CCC2. The number of esters is 2. The van der Waals surface area contributed by atoms with Crippen LogP contribution in [0.4, 0.5) is 5.00 Å². The van der Waals surface area contributed by atoms with Gasteiger partial charge in [0, 0.05) is 11.8 Å². The van der Waals surface area contributed by atoms with Crippen LogP contribution in [0.15, 0.2) is 36.0 Å². The van der Waals surface area contributed by atoms with Gasteiger partial charge in [-0.25, -0.2) is 9.59 Å². The lowest BCUT2D eigenvalue weighted by atomic mass is 10.1. The Morgan fingerprint density at radius 3 is 2.53 bits per heavy atom. The summed E-state index contributed by atoms with van der Waals surface area (Å²) >= 11 is 1.34. The third-order valence-corrected chi connectivity index (χ3v) is 5.84. The lowest BCUT2D eigenvalue weighted by Gasteiger charge is -2.10. The Hall–Kier alpha value is -3.46. The fourth-order valence-corrected chi connectivity index (χ4v) is 4.63. The maximum absolute atomic E-state index is 12.5. The number of fused-ring (bicyclic) bond motifs is 1. The van der Waals surface area contributed by atoms with E-state index in [1.807, 2.05) is 6.07 Å². The zero-order valence-electron chi connectivity index (χ0n) is 17.9. The van der Waals surface area contributed by atoms with Gasteiger partial charge in [0.1, 0.15) is 10.7 Å². The third-order valence-electron chi connectivity index (χ3n) is 4.63. The first-order chi connectivity index (χ1) is 15.4. The first-order valence-corrected chi connectivity index (χ1v) is 11.0. The molecule has 2 N–H and O–H groups in total. The van der Waals surface area contributed by atoms with Crippen LogP contribution >= 0.6 is 11.3 Å². The summed E-state index contributed by atoms with van der Waals surface area (Å²) in [4.78, 5) is 49.8. The van der Waals surface area contributed by atoms with E-state index in [4.69, 9.17) is 9.47 Å². The van der Waals surface area contributed by atoms with Crippen molar-refractivity contribution in [1.29, 1.82) is 0 Å². The highest BCUT2D eigenvalue weighted by Crippen LogP contribution is 2.39. The van der Waals surface area contributed by atoms with E-state index in [9.17, 15) is 19.2 Å². The second-order valence-corrected chi connectivity index (χ2v) is 8.16. The van der Waals surface area contributed by atoms with Crippen molar-refractivity contribution in [1.82, 2.24) is 5.32 Å². The van der Waals surface area contributed by atoms with Gasteiger partial charge in [-0.1, -0.05) is 30.3 Å². The standard InChI is InChI=1S/C23H24N2O6S/c1-3-30-23(29)20-16-10-7-11-18(16)32-21(20)25-19(27)13-31-22(28)17(24-14(2)26)12-15-8-5-4-6-9-15/h4-6,8-9,12H,3,7,10-11,13H2,1-2H3,(H,24,26)(H,25,27). The van der Waals surface area contributed by atoms with Crippen LogP contribution in [0, 0.1) is 0 Å². The van der Waals surface area contributed by atoms with Crippen molar-refractivity contribution in [2.45, 2.75) is 33.1 Å². The van der Waals surface area contributed by atoms with E-state index in [-0.39, 0.29) is 12.3 Å². The van der Waals surface area contributed by atoms with Crippen LogP contribution in [0.5, 0.6) is 0 Å². The van der Waals surface area contributed by atoms with Gasteiger partial charge in [0.05, 0.1) is 12.2 Å². The number of carbonyl (C=O) groups excluding carboxylic acids is 4. The topological polar surface area (TPSA) is 111 Å². The molecule has 32 heavy (non-hydrogen) atoms. The second-order valence-electron chi connectivity index (χ2n) is 7.06. The fraction of sp³-hybridized carbons (Fsp3) is 0.304. The molecule has 1 aromatic carbocycles. The van der Waals surface area contributed by atoms with Gasteiger partial charge in [0.15, 0.2) is 6.61 Å². The Kier molecular flexibility index (Phi) is 7.77. The number of thiophene rings is 1. The van der Waals surface area contributed by atoms with Crippen molar-refractivity contribution >= 4 is 46.2 Å². The van der Waals surface area contributed by atoms with E-state index in [1.165, 1.54) is 24.3 Å². The molecule has 1 heterocycles. The Morgan fingerprint density at radius 2 is 1.84 bits per heavy atom. The largest absolute Gasteiger partial charge is 0.462 e. The van der Waals surface area contributed by atoms with Crippen LogP contribution in [0.3, 0.4) is 0 Å². The maximum atomic E-state index is 12.5. The van der Waals surface area contributed by atoms with Crippen molar-refractivity contribution in [3.8, 4) is 0 Å².